The zero-order valence-electron chi connectivity index (χ0n) is 16.1. The van der Waals surface area contributed by atoms with Gasteiger partial charge in [-0.2, -0.15) is 0 Å². The Hall–Kier alpha value is -3.87. The summed E-state index contributed by atoms with van der Waals surface area (Å²) in [5.74, 6) is 0.476. The maximum atomic E-state index is 12.7. The van der Waals surface area contributed by atoms with E-state index in [1.165, 1.54) is 7.11 Å². The van der Waals surface area contributed by atoms with Crippen LogP contribution in [0.4, 0.5) is 5.69 Å². The summed E-state index contributed by atoms with van der Waals surface area (Å²) in [4.78, 5) is 29.4. The predicted octanol–water partition coefficient (Wildman–Crippen LogP) is 3.28. The van der Waals surface area contributed by atoms with Crippen LogP contribution in [0.3, 0.4) is 0 Å². The van der Waals surface area contributed by atoms with Gasteiger partial charge in [0.15, 0.2) is 0 Å². The average Bonchev–Trinajstić information content (AvgIpc) is 2.78. The van der Waals surface area contributed by atoms with Crippen molar-refractivity contribution in [3.8, 4) is 11.6 Å². The number of nitrogens with one attached hydrogen (secondary N) is 2. The SMILES string of the molecule is COc1ccc(C(=O)Nc2ccccc2C(=O)NCc2cccnc2OC)cc1. The number of amides is 2. The quantitative estimate of drug-likeness (QED) is 0.645. The van der Waals surface area contributed by atoms with Crippen LogP contribution >= 0.6 is 0 Å². The van der Waals surface area contributed by atoms with E-state index in [9.17, 15) is 9.59 Å². The molecule has 0 aliphatic carbocycles. The van der Waals surface area contributed by atoms with Gasteiger partial charge in [-0.15, -0.1) is 0 Å². The normalized spacial score (nSPS) is 10.1. The fraction of sp³-hybridized carbons (Fsp3) is 0.136. The molecule has 0 spiro atoms. The van der Waals surface area contributed by atoms with Crippen molar-refractivity contribution >= 4 is 17.5 Å². The molecule has 2 aromatic carbocycles. The number of hydrogen-bond acceptors (Lipinski definition) is 5. The van der Waals surface area contributed by atoms with Gasteiger partial charge in [-0.25, -0.2) is 4.98 Å². The molecule has 1 heterocycles. The van der Waals surface area contributed by atoms with E-state index in [1.807, 2.05) is 6.07 Å². The van der Waals surface area contributed by atoms with Gasteiger partial charge in [-0.1, -0.05) is 18.2 Å². The molecule has 0 aliphatic heterocycles. The zero-order chi connectivity index (χ0) is 20.6. The first-order valence-electron chi connectivity index (χ1n) is 8.93. The van der Waals surface area contributed by atoms with Crippen molar-refractivity contribution in [3.05, 3.63) is 83.6 Å². The highest BCUT2D eigenvalue weighted by atomic mass is 16.5. The van der Waals surface area contributed by atoms with Crippen molar-refractivity contribution in [1.82, 2.24) is 10.3 Å². The van der Waals surface area contributed by atoms with Crippen LogP contribution in [0.25, 0.3) is 0 Å². The highest BCUT2D eigenvalue weighted by molar-refractivity contribution is 6.09. The Morgan fingerprint density at radius 2 is 1.66 bits per heavy atom. The average molecular weight is 391 g/mol. The predicted molar refractivity (Wildman–Crippen MR) is 109 cm³/mol. The summed E-state index contributed by atoms with van der Waals surface area (Å²) in [6, 6.07) is 17.1. The molecule has 7 nitrogen and oxygen atoms in total. The number of aromatic nitrogens is 1. The summed E-state index contributed by atoms with van der Waals surface area (Å²) >= 11 is 0. The Morgan fingerprint density at radius 3 is 2.38 bits per heavy atom. The number of anilines is 1. The number of carbonyl (C=O) groups excluding carboxylic acids is 2. The number of nitrogens with zero attached hydrogens (tertiary/aromatic N) is 1. The van der Waals surface area contributed by atoms with Crippen LogP contribution in [0.15, 0.2) is 66.9 Å². The maximum absolute atomic E-state index is 12.7. The third-order valence-corrected chi connectivity index (χ3v) is 4.25. The van der Waals surface area contributed by atoms with Gasteiger partial charge >= 0.3 is 0 Å². The summed E-state index contributed by atoms with van der Waals surface area (Å²) in [5.41, 5.74) is 1.99. The monoisotopic (exact) mass is 391 g/mol. The number of ether oxygens (including phenoxy) is 2. The second-order valence-corrected chi connectivity index (χ2v) is 6.08. The van der Waals surface area contributed by atoms with Crippen molar-refractivity contribution < 1.29 is 19.1 Å². The summed E-state index contributed by atoms with van der Waals surface area (Å²) in [6.07, 6.45) is 1.62. The van der Waals surface area contributed by atoms with Crippen LogP contribution in [-0.4, -0.2) is 31.0 Å². The molecule has 0 unspecified atom stereocenters. The molecule has 1 aromatic heterocycles. The van der Waals surface area contributed by atoms with Gasteiger partial charge in [-0.05, 0) is 42.5 Å². The number of benzene rings is 2. The van der Waals surface area contributed by atoms with Crippen molar-refractivity contribution in [2.24, 2.45) is 0 Å². The highest BCUT2D eigenvalue weighted by Crippen LogP contribution is 2.19. The fourth-order valence-electron chi connectivity index (χ4n) is 2.74. The van der Waals surface area contributed by atoms with E-state index < -0.39 is 0 Å². The van der Waals surface area contributed by atoms with Crippen LogP contribution in [0.5, 0.6) is 11.6 Å². The molecule has 0 aliphatic rings. The fourth-order valence-corrected chi connectivity index (χ4v) is 2.74. The van der Waals surface area contributed by atoms with Gasteiger partial charge in [0.05, 0.1) is 25.5 Å². The minimum Gasteiger partial charge on any atom is -0.497 e. The molecular weight excluding hydrogens is 370 g/mol. The van der Waals surface area contributed by atoms with Gasteiger partial charge in [0.1, 0.15) is 5.75 Å². The zero-order valence-corrected chi connectivity index (χ0v) is 16.1. The molecule has 0 fully saturated rings. The van der Waals surface area contributed by atoms with Gasteiger partial charge in [0.25, 0.3) is 11.8 Å². The van der Waals surface area contributed by atoms with Crippen LogP contribution < -0.4 is 20.1 Å². The number of carbonyl (C=O) groups is 2. The van der Waals surface area contributed by atoms with Crippen LogP contribution in [0.1, 0.15) is 26.3 Å². The van der Waals surface area contributed by atoms with Crippen molar-refractivity contribution in [3.63, 3.8) is 0 Å². The number of rotatable bonds is 7. The number of para-hydroxylation sites is 1. The minimum atomic E-state index is -0.318. The first-order valence-corrected chi connectivity index (χ1v) is 8.93. The van der Waals surface area contributed by atoms with Gasteiger partial charge in [0, 0.05) is 23.9 Å². The first kappa shape index (κ1) is 19.9. The third-order valence-electron chi connectivity index (χ3n) is 4.25. The largest absolute Gasteiger partial charge is 0.497 e. The number of hydrogen-bond donors (Lipinski definition) is 2. The van der Waals surface area contributed by atoms with Gasteiger partial charge in [0.2, 0.25) is 5.88 Å². The lowest BCUT2D eigenvalue weighted by atomic mass is 10.1. The lowest BCUT2D eigenvalue weighted by Crippen LogP contribution is -2.25. The Kier molecular flexibility index (Phi) is 6.42. The molecular formula is C22H21N3O4. The molecule has 7 heteroatoms. The smallest absolute Gasteiger partial charge is 0.255 e. The Bertz CT molecular complexity index is 1000. The van der Waals surface area contributed by atoms with E-state index in [4.69, 9.17) is 9.47 Å². The van der Waals surface area contributed by atoms with E-state index in [1.54, 1.807) is 67.9 Å². The van der Waals surface area contributed by atoms with E-state index in [2.05, 4.69) is 15.6 Å². The summed E-state index contributed by atoms with van der Waals surface area (Å²) in [7, 11) is 3.09. The van der Waals surface area contributed by atoms with E-state index >= 15 is 0 Å². The second kappa shape index (κ2) is 9.36. The van der Waals surface area contributed by atoms with Crippen LogP contribution in [-0.2, 0) is 6.54 Å². The van der Waals surface area contributed by atoms with E-state index in [0.29, 0.717) is 28.4 Å². The number of pyridine rings is 1. The topological polar surface area (TPSA) is 89.5 Å². The molecule has 0 bridgehead atoms. The van der Waals surface area contributed by atoms with Crippen molar-refractivity contribution in [1.29, 1.82) is 0 Å². The molecule has 3 aromatic rings. The Balaban J connectivity index is 1.72. The van der Waals surface area contributed by atoms with Gasteiger partial charge < -0.3 is 20.1 Å². The summed E-state index contributed by atoms with van der Waals surface area (Å²) < 4.78 is 10.3. The molecule has 148 valence electrons. The molecule has 2 amide bonds. The number of methoxy groups -OCH3 is 2. The molecule has 0 saturated heterocycles. The first-order chi connectivity index (χ1) is 14.1. The van der Waals surface area contributed by atoms with Crippen molar-refractivity contribution in [2.45, 2.75) is 6.54 Å². The molecule has 0 saturated carbocycles. The Morgan fingerprint density at radius 1 is 0.897 bits per heavy atom. The third kappa shape index (κ3) is 4.90. The van der Waals surface area contributed by atoms with Crippen LogP contribution in [0, 0.1) is 0 Å². The lowest BCUT2D eigenvalue weighted by Gasteiger charge is -2.12. The molecule has 3 rings (SSSR count). The van der Waals surface area contributed by atoms with Gasteiger partial charge in [-0.3, -0.25) is 9.59 Å². The molecule has 0 atom stereocenters. The van der Waals surface area contributed by atoms with Crippen molar-refractivity contribution in [2.75, 3.05) is 19.5 Å². The minimum absolute atomic E-state index is 0.247. The highest BCUT2D eigenvalue weighted by Gasteiger charge is 2.15. The lowest BCUT2D eigenvalue weighted by molar-refractivity contribution is 0.0951. The maximum Gasteiger partial charge on any atom is 0.255 e. The van der Waals surface area contributed by atoms with E-state index in [0.717, 1.165) is 5.56 Å². The second-order valence-electron chi connectivity index (χ2n) is 6.08. The standard InChI is InChI=1S/C22H21N3O4/c1-28-17-11-9-15(10-12-17)20(26)25-19-8-4-3-7-18(19)21(27)24-14-16-6-5-13-23-22(16)29-2/h3-13H,14H2,1-2H3,(H,24,27)(H,25,26). The molecule has 0 radical (unpaired) electrons. The Labute approximate surface area is 168 Å². The van der Waals surface area contributed by atoms with Crippen LogP contribution in [0.2, 0.25) is 0 Å². The molecule has 29 heavy (non-hydrogen) atoms. The summed E-state index contributed by atoms with van der Waals surface area (Å²) in [5, 5.41) is 5.62. The molecule has 2 N–H and O–H groups in total. The summed E-state index contributed by atoms with van der Waals surface area (Å²) in [6.45, 7) is 0.247. The van der Waals surface area contributed by atoms with E-state index in [-0.39, 0.29) is 18.4 Å².